The first-order valence-electron chi connectivity index (χ1n) is 12.2. The van der Waals surface area contributed by atoms with E-state index in [1.165, 1.54) is 35.6 Å². The van der Waals surface area contributed by atoms with E-state index in [0.29, 0.717) is 0 Å². The number of fused-ring (bicyclic) bond motifs is 1. The Morgan fingerprint density at radius 2 is 1.74 bits per heavy atom. The molecular weight excluding hydrogens is 531 g/mol. The number of hydrogen-bond donors (Lipinski definition) is 1. The van der Waals surface area contributed by atoms with Gasteiger partial charge in [-0.05, 0) is 42.3 Å². The molecule has 11 heteroatoms. The fourth-order valence-corrected chi connectivity index (χ4v) is 7.50. The highest BCUT2D eigenvalue weighted by Crippen LogP contribution is 2.36. The van der Waals surface area contributed by atoms with Crippen molar-refractivity contribution in [2.45, 2.75) is 35.8 Å². The average Bonchev–Trinajstić information content (AvgIpc) is 2.90. The minimum atomic E-state index is -4.19. The number of nitrogens with zero attached hydrogens (tertiary/aromatic N) is 2. The standard InChI is InChI=1S/C27H31FN2O6S2/c1-19-16-30(20(2)18-31)38(34,35)27-14-13-22(21-9-5-4-6-10-21)15-24(27)36-25(19)17-29(3)37(32,33)26-12-8-7-11-23(26)28/h4-15,19-20,25,31H,16-18H2,1-3H3/t19-,20+,25-/m1/s1. The quantitative estimate of drug-likeness (QED) is 0.472. The minimum Gasteiger partial charge on any atom is -0.487 e. The number of aliphatic hydroxyl groups is 1. The number of halogens is 1. The third-order valence-electron chi connectivity index (χ3n) is 6.74. The van der Waals surface area contributed by atoms with Gasteiger partial charge in [-0.15, -0.1) is 0 Å². The van der Waals surface area contributed by atoms with Gasteiger partial charge in [0.1, 0.15) is 27.5 Å². The molecule has 4 rings (SSSR count). The third kappa shape index (κ3) is 5.48. The van der Waals surface area contributed by atoms with Gasteiger partial charge in [-0.25, -0.2) is 21.2 Å². The van der Waals surface area contributed by atoms with Gasteiger partial charge in [-0.3, -0.25) is 0 Å². The molecule has 0 aromatic heterocycles. The zero-order chi connectivity index (χ0) is 27.7. The van der Waals surface area contributed by atoms with E-state index < -0.39 is 55.4 Å². The molecule has 1 heterocycles. The molecule has 1 aliphatic rings. The average molecular weight is 563 g/mol. The van der Waals surface area contributed by atoms with E-state index in [-0.39, 0.29) is 23.7 Å². The highest BCUT2D eigenvalue weighted by atomic mass is 32.2. The predicted molar refractivity (Wildman–Crippen MR) is 142 cm³/mol. The molecule has 0 bridgehead atoms. The lowest BCUT2D eigenvalue weighted by Crippen LogP contribution is -2.50. The van der Waals surface area contributed by atoms with E-state index in [4.69, 9.17) is 4.74 Å². The summed E-state index contributed by atoms with van der Waals surface area (Å²) >= 11 is 0. The number of rotatable bonds is 7. The number of likely N-dealkylation sites (N-methyl/N-ethyl adjacent to an activating group) is 1. The number of benzene rings is 3. The Kier molecular flexibility index (Phi) is 8.24. The van der Waals surface area contributed by atoms with Crippen LogP contribution in [-0.2, 0) is 20.0 Å². The predicted octanol–water partition coefficient (Wildman–Crippen LogP) is 3.58. The molecule has 3 aromatic carbocycles. The van der Waals surface area contributed by atoms with Gasteiger partial charge in [-0.2, -0.15) is 8.61 Å². The van der Waals surface area contributed by atoms with Gasteiger partial charge in [0.25, 0.3) is 0 Å². The highest BCUT2D eigenvalue weighted by Gasteiger charge is 2.39. The molecule has 0 saturated heterocycles. The van der Waals surface area contributed by atoms with Gasteiger partial charge in [-0.1, -0.05) is 55.5 Å². The van der Waals surface area contributed by atoms with Crippen LogP contribution in [0.1, 0.15) is 13.8 Å². The maximum atomic E-state index is 14.4. The van der Waals surface area contributed by atoms with E-state index in [1.54, 1.807) is 26.0 Å². The summed E-state index contributed by atoms with van der Waals surface area (Å²) in [6.07, 6.45) is -0.782. The largest absolute Gasteiger partial charge is 0.487 e. The van der Waals surface area contributed by atoms with Crippen LogP contribution < -0.4 is 4.74 Å². The van der Waals surface area contributed by atoms with Crippen molar-refractivity contribution in [3.63, 3.8) is 0 Å². The van der Waals surface area contributed by atoms with Gasteiger partial charge in [0.2, 0.25) is 20.0 Å². The molecule has 0 aliphatic carbocycles. The Morgan fingerprint density at radius 1 is 1.08 bits per heavy atom. The first-order chi connectivity index (χ1) is 18.0. The molecule has 0 saturated carbocycles. The number of aliphatic hydroxyl groups excluding tert-OH is 1. The Bertz CT molecular complexity index is 1500. The van der Waals surface area contributed by atoms with Crippen molar-refractivity contribution < 1.29 is 31.1 Å². The Morgan fingerprint density at radius 3 is 2.39 bits per heavy atom. The Hall–Kier alpha value is -2.83. The number of sulfonamides is 2. The van der Waals surface area contributed by atoms with Gasteiger partial charge in [0.05, 0.1) is 13.2 Å². The fourth-order valence-electron chi connectivity index (χ4n) is 4.43. The lowest BCUT2D eigenvalue weighted by Gasteiger charge is -2.37. The summed E-state index contributed by atoms with van der Waals surface area (Å²) in [6.45, 7) is 2.80. The second-order valence-corrected chi connectivity index (χ2v) is 13.4. The summed E-state index contributed by atoms with van der Waals surface area (Å²) in [4.78, 5) is -0.528. The molecule has 204 valence electrons. The molecule has 1 aliphatic heterocycles. The lowest BCUT2D eigenvalue weighted by atomic mass is 10.0. The van der Waals surface area contributed by atoms with E-state index >= 15 is 0 Å². The van der Waals surface area contributed by atoms with Crippen LogP contribution in [0.25, 0.3) is 11.1 Å². The van der Waals surface area contributed by atoms with Crippen molar-refractivity contribution in [1.82, 2.24) is 8.61 Å². The van der Waals surface area contributed by atoms with Crippen LogP contribution in [0.2, 0.25) is 0 Å². The molecule has 0 amide bonds. The smallest absolute Gasteiger partial charge is 0.247 e. The van der Waals surface area contributed by atoms with Crippen LogP contribution in [0.5, 0.6) is 5.75 Å². The highest BCUT2D eigenvalue weighted by molar-refractivity contribution is 7.89. The van der Waals surface area contributed by atoms with Gasteiger partial charge in [0.15, 0.2) is 0 Å². The van der Waals surface area contributed by atoms with Crippen molar-refractivity contribution in [2.75, 3.05) is 26.7 Å². The summed E-state index contributed by atoms with van der Waals surface area (Å²) < 4.78 is 76.6. The van der Waals surface area contributed by atoms with Crippen LogP contribution in [0, 0.1) is 11.7 Å². The van der Waals surface area contributed by atoms with Gasteiger partial charge >= 0.3 is 0 Å². The summed E-state index contributed by atoms with van der Waals surface area (Å²) in [7, 11) is -6.90. The zero-order valence-corrected chi connectivity index (χ0v) is 23.0. The third-order valence-corrected chi connectivity index (χ3v) is 10.6. The van der Waals surface area contributed by atoms with Crippen LogP contribution in [0.15, 0.2) is 82.6 Å². The molecular formula is C27H31FN2O6S2. The van der Waals surface area contributed by atoms with Gasteiger partial charge < -0.3 is 9.84 Å². The topological polar surface area (TPSA) is 104 Å². The van der Waals surface area contributed by atoms with Crippen molar-refractivity contribution in [1.29, 1.82) is 0 Å². The van der Waals surface area contributed by atoms with E-state index in [2.05, 4.69) is 0 Å². The normalized spacial score (nSPS) is 20.7. The van der Waals surface area contributed by atoms with E-state index in [1.807, 2.05) is 30.3 Å². The summed E-state index contributed by atoms with van der Waals surface area (Å²) in [6, 6.07) is 18.6. The Labute approximate surface area is 223 Å². The molecule has 1 N–H and O–H groups in total. The summed E-state index contributed by atoms with van der Waals surface area (Å²) in [5, 5.41) is 9.82. The van der Waals surface area contributed by atoms with Crippen LogP contribution in [0.3, 0.4) is 0 Å². The van der Waals surface area contributed by atoms with Crippen molar-refractivity contribution >= 4 is 20.0 Å². The summed E-state index contributed by atoms with van der Waals surface area (Å²) in [5.74, 6) is -1.27. The SMILES string of the molecule is C[C@@H]1CN([C@@H](C)CO)S(=O)(=O)c2ccc(-c3ccccc3)cc2O[C@@H]1CN(C)S(=O)(=O)c1ccccc1F. The molecule has 0 fully saturated rings. The van der Waals surface area contributed by atoms with Gasteiger partial charge in [0, 0.05) is 25.6 Å². The maximum absolute atomic E-state index is 14.4. The van der Waals surface area contributed by atoms with Crippen LogP contribution in [-0.4, -0.2) is 69.4 Å². The molecule has 38 heavy (non-hydrogen) atoms. The van der Waals surface area contributed by atoms with Crippen molar-refractivity contribution in [2.24, 2.45) is 5.92 Å². The minimum absolute atomic E-state index is 0.0117. The monoisotopic (exact) mass is 562 g/mol. The number of hydrogen-bond acceptors (Lipinski definition) is 6. The van der Waals surface area contributed by atoms with Crippen molar-refractivity contribution in [3.05, 3.63) is 78.6 Å². The molecule has 0 spiro atoms. The Balaban J connectivity index is 1.78. The molecule has 3 atom stereocenters. The van der Waals surface area contributed by atoms with E-state index in [0.717, 1.165) is 21.5 Å². The maximum Gasteiger partial charge on any atom is 0.247 e. The summed E-state index contributed by atoms with van der Waals surface area (Å²) in [5.41, 5.74) is 1.57. The van der Waals surface area contributed by atoms with Crippen LogP contribution >= 0.6 is 0 Å². The zero-order valence-electron chi connectivity index (χ0n) is 21.4. The second kappa shape index (κ2) is 11.1. The molecule has 8 nitrogen and oxygen atoms in total. The second-order valence-electron chi connectivity index (χ2n) is 9.48. The van der Waals surface area contributed by atoms with Crippen molar-refractivity contribution in [3.8, 4) is 16.9 Å². The van der Waals surface area contributed by atoms with Crippen LogP contribution in [0.4, 0.5) is 4.39 Å². The molecule has 0 radical (unpaired) electrons. The molecule has 3 aromatic rings. The lowest BCUT2D eigenvalue weighted by molar-refractivity contribution is 0.0904. The van der Waals surface area contributed by atoms with E-state index in [9.17, 15) is 26.3 Å². The molecule has 0 unspecified atom stereocenters. The number of ether oxygens (including phenoxy) is 1. The fraction of sp³-hybridized carbons (Fsp3) is 0.333. The first kappa shape index (κ1) is 28.2. The first-order valence-corrected chi connectivity index (χ1v) is 15.0.